The monoisotopic (exact) mass is 367 g/mol. The highest BCUT2D eigenvalue weighted by molar-refractivity contribution is 5.78. The predicted molar refractivity (Wildman–Crippen MR) is 103 cm³/mol. The molecule has 0 aliphatic carbocycles. The number of hydrogen-bond acceptors (Lipinski definition) is 4. The molecule has 4 rings (SSSR count). The molecule has 1 aromatic carbocycles. The molecule has 0 unspecified atom stereocenters. The zero-order valence-corrected chi connectivity index (χ0v) is 15.5. The van der Waals surface area contributed by atoms with Gasteiger partial charge in [-0.05, 0) is 36.1 Å². The number of hydrogen-bond donors (Lipinski definition) is 2. The third-order valence-electron chi connectivity index (χ3n) is 5.71. The number of rotatable bonds is 5. The fraction of sp³-hybridized carbons (Fsp3) is 0.429. The number of fused-ring (bicyclic) bond motifs is 4. The van der Waals surface area contributed by atoms with Crippen LogP contribution in [-0.2, 0) is 11.2 Å². The minimum Gasteiger partial charge on any atom is -0.497 e. The minimum absolute atomic E-state index is 0.00740. The highest BCUT2D eigenvalue weighted by Crippen LogP contribution is 2.38. The van der Waals surface area contributed by atoms with Gasteiger partial charge in [-0.2, -0.15) is 0 Å². The molecular formula is C21H25N3O3. The number of nitrogens with zero attached hydrogens (tertiary/aromatic N) is 1. The molecule has 1 amide bonds. The van der Waals surface area contributed by atoms with E-state index in [0.717, 1.165) is 36.5 Å². The maximum atomic E-state index is 12.5. The van der Waals surface area contributed by atoms with E-state index < -0.39 is 0 Å². The van der Waals surface area contributed by atoms with E-state index >= 15 is 0 Å². The Morgan fingerprint density at radius 2 is 2.11 bits per heavy atom. The second kappa shape index (κ2) is 7.56. The van der Waals surface area contributed by atoms with Crippen molar-refractivity contribution in [1.29, 1.82) is 0 Å². The molecule has 0 saturated carbocycles. The summed E-state index contributed by atoms with van der Waals surface area (Å²) in [4.78, 5) is 25.0. The number of ether oxygens (including phenoxy) is 1. The standard InChI is InChI=1S/C21H25N3O3/c1-27-17-5-2-4-14(8-17)9-20(25)23-13-19-16-10-15(11-22-12-16)18-6-3-7-21(26)24(18)19/h2-8,15-16,19,22H,9-13H2,1H3,(H,23,25)/t15-,16+,19+/m1/s1. The molecule has 2 aromatic rings. The van der Waals surface area contributed by atoms with Crippen LogP contribution in [-0.4, -0.2) is 37.2 Å². The maximum absolute atomic E-state index is 12.5. The Balaban J connectivity index is 1.48. The van der Waals surface area contributed by atoms with Crippen molar-refractivity contribution in [2.75, 3.05) is 26.7 Å². The van der Waals surface area contributed by atoms with E-state index in [0.29, 0.717) is 24.8 Å². The van der Waals surface area contributed by atoms with E-state index in [9.17, 15) is 9.59 Å². The van der Waals surface area contributed by atoms with Crippen LogP contribution in [0.25, 0.3) is 0 Å². The highest BCUT2D eigenvalue weighted by Gasteiger charge is 2.37. The SMILES string of the molecule is COc1cccc(CC(=O)NC[C@H]2[C@@H]3CNC[C@@H](C3)c3cccc(=O)n32)c1. The number of benzene rings is 1. The smallest absolute Gasteiger partial charge is 0.251 e. The quantitative estimate of drug-likeness (QED) is 0.839. The normalized spacial score (nSPS) is 23.4. The Bertz CT molecular complexity index is 892. The third-order valence-corrected chi connectivity index (χ3v) is 5.71. The Hall–Kier alpha value is -2.60. The van der Waals surface area contributed by atoms with Gasteiger partial charge in [0.05, 0.1) is 19.6 Å². The van der Waals surface area contributed by atoms with Gasteiger partial charge in [0, 0.05) is 37.3 Å². The molecule has 0 spiro atoms. The molecule has 6 heteroatoms. The van der Waals surface area contributed by atoms with Crippen LogP contribution in [0, 0.1) is 5.92 Å². The maximum Gasteiger partial charge on any atom is 0.251 e. The molecule has 3 atom stereocenters. The van der Waals surface area contributed by atoms with Crippen LogP contribution >= 0.6 is 0 Å². The molecule has 2 bridgehead atoms. The van der Waals surface area contributed by atoms with E-state index in [1.54, 1.807) is 13.2 Å². The van der Waals surface area contributed by atoms with Crippen LogP contribution in [0.1, 0.15) is 29.6 Å². The van der Waals surface area contributed by atoms with Gasteiger partial charge < -0.3 is 19.9 Å². The fourth-order valence-corrected chi connectivity index (χ4v) is 4.42. The Labute approximate surface area is 158 Å². The zero-order chi connectivity index (χ0) is 18.8. The van der Waals surface area contributed by atoms with Gasteiger partial charge in [0.1, 0.15) is 5.75 Å². The first-order valence-electron chi connectivity index (χ1n) is 9.47. The summed E-state index contributed by atoms with van der Waals surface area (Å²) in [6.07, 6.45) is 1.36. The average Bonchev–Trinajstić information content (AvgIpc) is 2.69. The summed E-state index contributed by atoms with van der Waals surface area (Å²) < 4.78 is 7.12. The van der Waals surface area contributed by atoms with E-state index in [4.69, 9.17) is 4.74 Å². The molecule has 2 N–H and O–H groups in total. The van der Waals surface area contributed by atoms with Crippen molar-refractivity contribution in [2.24, 2.45) is 5.92 Å². The molecule has 3 heterocycles. The number of pyridine rings is 1. The summed E-state index contributed by atoms with van der Waals surface area (Å²) in [5.74, 6) is 1.43. The third kappa shape index (κ3) is 3.62. The van der Waals surface area contributed by atoms with Crippen LogP contribution in [0.5, 0.6) is 5.75 Å². The lowest BCUT2D eigenvalue weighted by Gasteiger charge is -2.43. The number of amides is 1. The lowest BCUT2D eigenvalue weighted by atomic mass is 9.79. The molecule has 0 radical (unpaired) electrons. The van der Waals surface area contributed by atoms with Crippen LogP contribution in [0.4, 0.5) is 0 Å². The molecule has 1 aromatic heterocycles. The van der Waals surface area contributed by atoms with Crippen LogP contribution in [0.2, 0.25) is 0 Å². The van der Waals surface area contributed by atoms with Crippen molar-refractivity contribution in [3.05, 3.63) is 64.1 Å². The molecule has 142 valence electrons. The van der Waals surface area contributed by atoms with Gasteiger partial charge >= 0.3 is 0 Å². The van der Waals surface area contributed by atoms with Gasteiger partial charge in [0.15, 0.2) is 0 Å². The van der Waals surface area contributed by atoms with E-state index in [-0.39, 0.29) is 17.5 Å². The van der Waals surface area contributed by atoms with Crippen molar-refractivity contribution < 1.29 is 9.53 Å². The fourth-order valence-electron chi connectivity index (χ4n) is 4.42. The predicted octanol–water partition coefficient (Wildman–Crippen LogP) is 1.46. The van der Waals surface area contributed by atoms with Crippen LogP contribution in [0.15, 0.2) is 47.3 Å². The first-order valence-corrected chi connectivity index (χ1v) is 9.47. The van der Waals surface area contributed by atoms with Crippen LogP contribution < -0.4 is 20.9 Å². The topological polar surface area (TPSA) is 72.4 Å². The van der Waals surface area contributed by atoms with Crippen molar-refractivity contribution in [3.63, 3.8) is 0 Å². The van der Waals surface area contributed by atoms with Gasteiger partial charge in [-0.25, -0.2) is 0 Å². The largest absolute Gasteiger partial charge is 0.497 e. The highest BCUT2D eigenvalue weighted by atomic mass is 16.5. The van der Waals surface area contributed by atoms with Crippen LogP contribution in [0.3, 0.4) is 0 Å². The first-order chi connectivity index (χ1) is 13.2. The Morgan fingerprint density at radius 3 is 2.96 bits per heavy atom. The molecular weight excluding hydrogens is 342 g/mol. The van der Waals surface area contributed by atoms with E-state index in [2.05, 4.69) is 10.6 Å². The molecule has 2 aliphatic rings. The number of carbonyl (C=O) groups is 1. The van der Waals surface area contributed by atoms with Crippen molar-refractivity contribution in [2.45, 2.75) is 24.8 Å². The molecule has 27 heavy (non-hydrogen) atoms. The van der Waals surface area contributed by atoms with Gasteiger partial charge in [-0.15, -0.1) is 0 Å². The summed E-state index contributed by atoms with van der Waals surface area (Å²) in [6, 6.07) is 13.0. The number of aromatic nitrogens is 1. The lowest BCUT2D eigenvalue weighted by Crippen LogP contribution is -2.50. The van der Waals surface area contributed by atoms with Crippen molar-refractivity contribution in [3.8, 4) is 5.75 Å². The zero-order valence-electron chi connectivity index (χ0n) is 15.5. The average molecular weight is 367 g/mol. The van der Waals surface area contributed by atoms with E-state index in [1.807, 2.05) is 41.0 Å². The minimum atomic E-state index is -0.0420. The van der Waals surface area contributed by atoms with Gasteiger partial charge in [-0.1, -0.05) is 18.2 Å². The second-order valence-corrected chi connectivity index (χ2v) is 7.41. The second-order valence-electron chi connectivity index (χ2n) is 7.41. The molecule has 1 fully saturated rings. The molecule has 1 saturated heterocycles. The van der Waals surface area contributed by atoms with Gasteiger partial charge in [0.2, 0.25) is 5.91 Å². The summed E-state index contributed by atoms with van der Waals surface area (Å²) in [5, 5.41) is 6.52. The van der Waals surface area contributed by atoms with E-state index in [1.165, 1.54) is 0 Å². The Morgan fingerprint density at radius 1 is 1.26 bits per heavy atom. The number of nitrogens with one attached hydrogen (secondary N) is 2. The molecule has 6 nitrogen and oxygen atoms in total. The van der Waals surface area contributed by atoms with Gasteiger partial charge in [0.25, 0.3) is 5.56 Å². The summed E-state index contributed by atoms with van der Waals surface area (Å²) in [6.45, 7) is 2.27. The Kier molecular flexibility index (Phi) is 4.99. The summed E-state index contributed by atoms with van der Waals surface area (Å²) in [5.41, 5.74) is 2.02. The molecule has 2 aliphatic heterocycles. The first kappa shape index (κ1) is 17.8. The lowest BCUT2D eigenvalue weighted by molar-refractivity contribution is -0.120. The van der Waals surface area contributed by atoms with Gasteiger partial charge in [-0.3, -0.25) is 9.59 Å². The van der Waals surface area contributed by atoms with Crippen molar-refractivity contribution >= 4 is 5.91 Å². The number of carbonyl (C=O) groups excluding carboxylic acids is 1. The number of piperidine rings is 1. The van der Waals surface area contributed by atoms with Crippen molar-refractivity contribution in [1.82, 2.24) is 15.2 Å². The number of methoxy groups -OCH3 is 1. The summed E-state index contributed by atoms with van der Waals surface area (Å²) in [7, 11) is 1.61. The summed E-state index contributed by atoms with van der Waals surface area (Å²) >= 11 is 0.